The number of nitrogens with zero attached hydrogens (tertiary/aromatic N) is 2. The van der Waals surface area contributed by atoms with Crippen molar-refractivity contribution in [2.75, 3.05) is 26.7 Å². The summed E-state index contributed by atoms with van der Waals surface area (Å²) in [7, 11) is 1.68. The Bertz CT molecular complexity index is 415. The molecule has 2 N–H and O–H groups in total. The van der Waals surface area contributed by atoms with Crippen LogP contribution in [0.4, 0.5) is 0 Å². The molecular formula is C13H19N3O. The van der Waals surface area contributed by atoms with Crippen molar-refractivity contribution in [3.8, 4) is 5.75 Å². The molecule has 0 radical (unpaired) electrons. The van der Waals surface area contributed by atoms with Gasteiger partial charge in [-0.05, 0) is 19.1 Å². The standard InChI is InChI=1S/C13H19N3O/c1-10(14)9-16-8-7-15-13(16)11-5-3-4-6-12(11)17-2/h3-6,10H,7-9,14H2,1-2H3. The van der Waals surface area contributed by atoms with Gasteiger partial charge in [0.2, 0.25) is 0 Å². The molecule has 0 spiro atoms. The van der Waals surface area contributed by atoms with Gasteiger partial charge in [0.15, 0.2) is 0 Å². The summed E-state index contributed by atoms with van der Waals surface area (Å²) in [5.74, 6) is 1.86. The van der Waals surface area contributed by atoms with Crippen LogP contribution in [0.15, 0.2) is 29.3 Å². The number of benzene rings is 1. The molecular weight excluding hydrogens is 214 g/mol. The molecule has 0 bridgehead atoms. The molecule has 1 aromatic carbocycles. The average molecular weight is 233 g/mol. The molecule has 17 heavy (non-hydrogen) atoms. The predicted octanol–water partition coefficient (Wildman–Crippen LogP) is 1.10. The van der Waals surface area contributed by atoms with E-state index in [4.69, 9.17) is 10.5 Å². The van der Waals surface area contributed by atoms with Crippen molar-refractivity contribution in [1.82, 2.24) is 4.90 Å². The van der Waals surface area contributed by atoms with E-state index in [2.05, 4.69) is 9.89 Å². The molecule has 0 saturated carbocycles. The Morgan fingerprint density at radius 3 is 2.94 bits per heavy atom. The van der Waals surface area contributed by atoms with Crippen LogP contribution in [0.2, 0.25) is 0 Å². The molecule has 0 aliphatic carbocycles. The van der Waals surface area contributed by atoms with Gasteiger partial charge in [0.05, 0.1) is 19.2 Å². The zero-order valence-electron chi connectivity index (χ0n) is 10.4. The van der Waals surface area contributed by atoms with Crippen LogP contribution in [0, 0.1) is 0 Å². The monoisotopic (exact) mass is 233 g/mol. The highest BCUT2D eigenvalue weighted by Crippen LogP contribution is 2.22. The molecule has 1 heterocycles. The summed E-state index contributed by atoms with van der Waals surface area (Å²) >= 11 is 0. The Labute approximate surface area is 102 Å². The van der Waals surface area contributed by atoms with Crippen LogP contribution in [-0.2, 0) is 0 Å². The molecule has 1 aliphatic heterocycles. The van der Waals surface area contributed by atoms with Gasteiger partial charge in [-0.2, -0.15) is 0 Å². The summed E-state index contributed by atoms with van der Waals surface area (Å²) < 4.78 is 5.37. The Hall–Kier alpha value is -1.55. The summed E-state index contributed by atoms with van der Waals surface area (Å²) in [6, 6.07) is 8.11. The van der Waals surface area contributed by atoms with E-state index in [0.29, 0.717) is 0 Å². The van der Waals surface area contributed by atoms with Gasteiger partial charge in [0.1, 0.15) is 11.6 Å². The summed E-state index contributed by atoms with van der Waals surface area (Å²) in [5, 5.41) is 0. The van der Waals surface area contributed by atoms with Gasteiger partial charge in [-0.15, -0.1) is 0 Å². The minimum absolute atomic E-state index is 0.146. The first kappa shape index (κ1) is 11.9. The van der Waals surface area contributed by atoms with Gasteiger partial charge >= 0.3 is 0 Å². The highest BCUT2D eigenvalue weighted by Gasteiger charge is 2.21. The molecule has 0 saturated heterocycles. The van der Waals surface area contributed by atoms with Crippen molar-refractivity contribution in [1.29, 1.82) is 0 Å². The number of nitrogens with two attached hydrogens (primary N) is 1. The fraction of sp³-hybridized carbons (Fsp3) is 0.462. The van der Waals surface area contributed by atoms with E-state index < -0.39 is 0 Å². The second-order valence-corrected chi connectivity index (χ2v) is 4.33. The Balaban J connectivity index is 2.26. The van der Waals surface area contributed by atoms with E-state index in [1.165, 1.54) is 0 Å². The van der Waals surface area contributed by atoms with Gasteiger partial charge in [-0.25, -0.2) is 0 Å². The molecule has 4 heteroatoms. The maximum Gasteiger partial charge on any atom is 0.134 e. The zero-order chi connectivity index (χ0) is 12.3. The van der Waals surface area contributed by atoms with E-state index in [0.717, 1.165) is 36.8 Å². The van der Waals surface area contributed by atoms with E-state index in [1.54, 1.807) is 7.11 Å². The van der Waals surface area contributed by atoms with Crippen LogP contribution in [0.5, 0.6) is 5.75 Å². The third kappa shape index (κ3) is 2.58. The maximum atomic E-state index is 5.86. The van der Waals surface area contributed by atoms with Crippen LogP contribution < -0.4 is 10.5 Å². The van der Waals surface area contributed by atoms with Gasteiger partial charge in [-0.1, -0.05) is 12.1 Å². The lowest BCUT2D eigenvalue weighted by Gasteiger charge is -2.23. The van der Waals surface area contributed by atoms with Crippen molar-refractivity contribution >= 4 is 5.84 Å². The van der Waals surface area contributed by atoms with Crippen LogP contribution in [0.3, 0.4) is 0 Å². The smallest absolute Gasteiger partial charge is 0.134 e. The number of hydrogen-bond acceptors (Lipinski definition) is 4. The molecule has 0 amide bonds. The van der Waals surface area contributed by atoms with Crippen molar-refractivity contribution in [2.45, 2.75) is 13.0 Å². The van der Waals surface area contributed by atoms with Crippen molar-refractivity contribution in [3.63, 3.8) is 0 Å². The van der Waals surface area contributed by atoms with E-state index in [-0.39, 0.29) is 6.04 Å². The second kappa shape index (κ2) is 5.19. The Kier molecular flexibility index (Phi) is 3.64. The number of rotatable bonds is 4. The lowest BCUT2D eigenvalue weighted by Crippen LogP contribution is -2.38. The molecule has 0 fully saturated rings. The number of ether oxygens (including phenoxy) is 1. The quantitative estimate of drug-likeness (QED) is 0.847. The zero-order valence-corrected chi connectivity index (χ0v) is 10.4. The first-order valence-electron chi connectivity index (χ1n) is 5.90. The summed E-state index contributed by atoms with van der Waals surface area (Å²) in [6.45, 7) is 4.62. The average Bonchev–Trinajstić information content (AvgIpc) is 2.76. The minimum Gasteiger partial charge on any atom is -0.496 e. The highest BCUT2D eigenvalue weighted by atomic mass is 16.5. The lowest BCUT2D eigenvalue weighted by molar-refractivity contribution is 0.406. The fourth-order valence-corrected chi connectivity index (χ4v) is 2.09. The van der Waals surface area contributed by atoms with Crippen molar-refractivity contribution in [3.05, 3.63) is 29.8 Å². The highest BCUT2D eigenvalue weighted by molar-refractivity contribution is 6.02. The van der Waals surface area contributed by atoms with E-state index >= 15 is 0 Å². The molecule has 1 aliphatic rings. The number of aliphatic imine (C=N–C) groups is 1. The summed E-state index contributed by atoms with van der Waals surface area (Å²) in [4.78, 5) is 6.78. The van der Waals surface area contributed by atoms with Crippen LogP contribution in [0.25, 0.3) is 0 Å². The van der Waals surface area contributed by atoms with Gasteiger partial charge < -0.3 is 15.4 Å². The van der Waals surface area contributed by atoms with Crippen LogP contribution >= 0.6 is 0 Å². The minimum atomic E-state index is 0.146. The fourth-order valence-electron chi connectivity index (χ4n) is 2.09. The number of para-hydroxylation sites is 1. The third-order valence-electron chi connectivity index (χ3n) is 2.79. The first-order chi connectivity index (χ1) is 8.22. The molecule has 4 nitrogen and oxygen atoms in total. The summed E-state index contributed by atoms with van der Waals surface area (Å²) in [6.07, 6.45) is 0. The molecule has 2 rings (SSSR count). The van der Waals surface area contributed by atoms with E-state index in [1.807, 2.05) is 31.2 Å². The topological polar surface area (TPSA) is 50.8 Å². The van der Waals surface area contributed by atoms with Crippen molar-refractivity contribution in [2.24, 2.45) is 10.7 Å². The third-order valence-corrected chi connectivity index (χ3v) is 2.79. The number of amidine groups is 1. The first-order valence-corrected chi connectivity index (χ1v) is 5.90. The molecule has 1 atom stereocenters. The normalized spacial score (nSPS) is 16.9. The van der Waals surface area contributed by atoms with Crippen LogP contribution in [-0.4, -0.2) is 43.5 Å². The molecule has 1 unspecified atom stereocenters. The molecule has 1 aromatic rings. The second-order valence-electron chi connectivity index (χ2n) is 4.33. The summed E-state index contributed by atoms with van der Waals surface area (Å²) in [5.41, 5.74) is 6.90. The number of hydrogen-bond donors (Lipinski definition) is 1. The van der Waals surface area contributed by atoms with Crippen LogP contribution in [0.1, 0.15) is 12.5 Å². The molecule has 0 aromatic heterocycles. The lowest BCUT2D eigenvalue weighted by atomic mass is 10.1. The van der Waals surface area contributed by atoms with Gasteiger partial charge in [-0.3, -0.25) is 4.99 Å². The predicted molar refractivity (Wildman–Crippen MR) is 69.6 cm³/mol. The molecule has 92 valence electrons. The van der Waals surface area contributed by atoms with Gasteiger partial charge in [0, 0.05) is 19.1 Å². The van der Waals surface area contributed by atoms with Crippen molar-refractivity contribution < 1.29 is 4.74 Å². The maximum absolute atomic E-state index is 5.86. The number of methoxy groups -OCH3 is 1. The van der Waals surface area contributed by atoms with E-state index in [9.17, 15) is 0 Å². The Morgan fingerprint density at radius 2 is 2.24 bits per heavy atom. The van der Waals surface area contributed by atoms with Gasteiger partial charge in [0.25, 0.3) is 0 Å². The Morgan fingerprint density at radius 1 is 1.47 bits per heavy atom. The SMILES string of the molecule is COc1ccccc1C1=NCCN1CC(C)N. The largest absolute Gasteiger partial charge is 0.496 e.